The number of hydrogen-bond donors (Lipinski definition) is 0. The third kappa shape index (κ3) is 4.88. The van der Waals surface area contributed by atoms with Gasteiger partial charge in [0.1, 0.15) is 5.75 Å². The molecule has 0 unspecified atom stereocenters. The van der Waals surface area contributed by atoms with Crippen LogP contribution >= 0.6 is 0 Å². The highest BCUT2D eigenvalue weighted by Crippen LogP contribution is 2.39. The molecule has 0 aromatic heterocycles. The molecule has 0 heterocycles. The van der Waals surface area contributed by atoms with Crippen molar-refractivity contribution in [3.05, 3.63) is 102 Å². The molecule has 0 saturated heterocycles. The molecule has 0 spiro atoms. The van der Waals surface area contributed by atoms with Gasteiger partial charge in [-0.1, -0.05) is 103 Å². The number of hydrogen-bond acceptors (Lipinski definition) is 1. The van der Waals surface area contributed by atoms with Crippen LogP contribution in [0.2, 0.25) is 0 Å². The van der Waals surface area contributed by atoms with Gasteiger partial charge in [-0.25, -0.2) is 0 Å². The van der Waals surface area contributed by atoms with Gasteiger partial charge in [-0.2, -0.15) is 0 Å². The highest BCUT2D eigenvalue weighted by Gasteiger charge is 2.13. The lowest BCUT2D eigenvalue weighted by molar-refractivity contribution is 0.309. The number of benzene rings is 4. The molecular formula is C30H30O. The molecule has 0 bridgehead atoms. The first-order chi connectivity index (χ1) is 15.2. The van der Waals surface area contributed by atoms with E-state index in [0.717, 1.165) is 25.2 Å². The third-order valence-electron chi connectivity index (χ3n) is 5.66. The topological polar surface area (TPSA) is 9.23 Å². The first kappa shape index (κ1) is 20.9. The van der Waals surface area contributed by atoms with Crippen molar-refractivity contribution in [3.8, 4) is 39.1 Å². The first-order valence-electron chi connectivity index (χ1n) is 11.2. The van der Waals surface area contributed by atoms with Crippen molar-refractivity contribution in [3.63, 3.8) is 0 Å². The minimum absolute atomic E-state index is 0.773. The second-order valence-electron chi connectivity index (χ2n) is 8.19. The van der Waals surface area contributed by atoms with Crippen LogP contribution in [-0.4, -0.2) is 6.61 Å². The lowest BCUT2D eigenvalue weighted by Gasteiger charge is -2.17. The number of aryl methyl sites for hydroxylation is 2. The Balaban J connectivity index is 1.79. The van der Waals surface area contributed by atoms with Gasteiger partial charge >= 0.3 is 0 Å². The Morgan fingerprint density at radius 2 is 1.13 bits per heavy atom. The zero-order valence-corrected chi connectivity index (χ0v) is 18.7. The van der Waals surface area contributed by atoms with Gasteiger partial charge in [0.15, 0.2) is 0 Å². The smallest absolute Gasteiger partial charge is 0.119 e. The van der Waals surface area contributed by atoms with Gasteiger partial charge in [0.05, 0.1) is 6.61 Å². The standard InChI is InChI=1S/C30H30O/c1-4-5-19-31-26-15-13-25(14-16-26)30-21-23(3)12-18-28(30)27-17-11-22(2)20-29(27)24-9-7-6-8-10-24/h6-18,20-21H,4-5,19H2,1-3H3. The van der Waals surface area contributed by atoms with Crippen LogP contribution in [0.15, 0.2) is 91.0 Å². The number of unbranched alkanes of at least 4 members (excludes halogenated alkanes) is 1. The van der Waals surface area contributed by atoms with Crippen LogP contribution in [0.1, 0.15) is 30.9 Å². The minimum atomic E-state index is 0.773. The Kier molecular flexibility index (Phi) is 6.52. The van der Waals surface area contributed by atoms with Crippen LogP contribution in [0, 0.1) is 13.8 Å². The molecule has 31 heavy (non-hydrogen) atoms. The van der Waals surface area contributed by atoms with Crippen LogP contribution in [0.25, 0.3) is 33.4 Å². The molecule has 4 aromatic rings. The fourth-order valence-corrected chi connectivity index (χ4v) is 3.95. The maximum Gasteiger partial charge on any atom is 0.119 e. The largest absolute Gasteiger partial charge is 0.494 e. The van der Waals surface area contributed by atoms with E-state index in [9.17, 15) is 0 Å². The SMILES string of the molecule is CCCCOc1ccc(-c2cc(C)ccc2-c2ccc(C)cc2-c2ccccc2)cc1. The summed E-state index contributed by atoms with van der Waals surface area (Å²) < 4.78 is 5.87. The molecule has 4 rings (SSSR count). The highest BCUT2D eigenvalue weighted by molar-refractivity contribution is 5.92. The van der Waals surface area contributed by atoms with Gasteiger partial charge in [-0.15, -0.1) is 0 Å². The van der Waals surface area contributed by atoms with E-state index < -0.39 is 0 Å². The van der Waals surface area contributed by atoms with E-state index in [2.05, 4.69) is 112 Å². The van der Waals surface area contributed by atoms with Crippen molar-refractivity contribution in [1.82, 2.24) is 0 Å². The summed E-state index contributed by atoms with van der Waals surface area (Å²) in [7, 11) is 0. The average molecular weight is 407 g/mol. The maximum atomic E-state index is 5.87. The molecule has 0 radical (unpaired) electrons. The van der Waals surface area contributed by atoms with E-state index in [1.807, 2.05) is 0 Å². The molecule has 1 nitrogen and oxygen atoms in total. The average Bonchev–Trinajstić information content (AvgIpc) is 2.80. The second kappa shape index (κ2) is 9.66. The van der Waals surface area contributed by atoms with Gasteiger partial charge in [0.2, 0.25) is 0 Å². The Morgan fingerprint density at radius 3 is 1.68 bits per heavy atom. The molecule has 0 N–H and O–H groups in total. The summed E-state index contributed by atoms with van der Waals surface area (Å²) in [6.07, 6.45) is 2.23. The quantitative estimate of drug-likeness (QED) is 0.280. The maximum absolute atomic E-state index is 5.87. The van der Waals surface area contributed by atoms with Crippen molar-refractivity contribution >= 4 is 0 Å². The molecular weight excluding hydrogens is 376 g/mol. The third-order valence-corrected chi connectivity index (χ3v) is 5.66. The van der Waals surface area contributed by atoms with Gasteiger partial charge in [-0.05, 0) is 65.8 Å². The van der Waals surface area contributed by atoms with Crippen LogP contribution in [0.4, 0.5) is 0 Å². The van der Waals surface area contributed by atoms with Gasteiger partial charge < -0.3 is 4.74 Å². The molecule has 0 aliphatic rings. The zero-order valence-electron chi connectivity index (χ0n) is 18.7. The summed E-state index contributed by atoms with van der Waals surface area (Å²) in [4.78, 5) is 0. The van der Waals surface area contributed by atoms with Crippen molar-refractivity contribution < 1.29 is 4.74 Å². The summed E-state index contributed by atoms with van der Waals surface area (Å²) in [5.74, 6) is 0.937. The van der Waals surface area contributed by atoms with E-state index >= 15 is 0 Å². The van der Waals surface area contributed by atoms with Gasteiger partial charge in [-0.3, -0.25) is 0 Å². The van der Waals surface area contributed by atoms with E-state index in [-0.39, 0.29) is 0 Å². The van der Waals surface area contributed by atoms with Gasteiger partial charge in [0.25, 0.3) is 0 Å². The fourth-order valence-electron chi connectivity index (χ4n) is 3.95. The highest BCUT2D eigenvalue weighted by atomic mass is 16.5. The molecule has 0 atom stereocenters. The van der Waals surface area contributed by atoms with Crippen molar-refractivity contribution in [1.29, 1.82) is 0 Å². The predicted molar refractivity (Wildman–Crippen MR) is 133 cm³/mol. The Bertz CT molecular complexity index is 1140. The predicted octanol–water partition coefficient (Wildman–Crippen LogP) is 8.48. The molecule has 4 aromatic carbocycles. The Morgan fingerprint density at radius 1 is 0.581 bits per heavy atom. The second-order valence-corrected chi connectivity index (χ2v) is 8.19. The van der Waals surface area contributed by atoms with Crippen LogP contribution < -0.4 is 4.74 Å². The summed E-state index contributed by atoms with van der Waals surface area (Å²) >= 11 is 0. The number of rotatable bonds is 7. The Labute approximate surface area is 186 Å². The normalized spacial score (nSPS) is 10.8. The minimum Gasteiger partial charge on any atom is -0.494 e. The molecule has 0 saturated carbocycles. The van der Waals surface area contributed by atoms with Crippen molar-refractivity contribution in [2.45, 2.75) is 33.6 Å². The monoisotopic (exact) mass is 406 g/mol. The summed E-state index contributed by atoms with van der Waals surface area (Å²) in [6.45, 7) is 7.27. The van der Waals surface area contributed by atoms with Crippen LogP contribution in [-0.2, 0) is 0 Å². The molecule has 0 amide bonds. The molecule has 0 aliphatic heterocycles. The molecule has 1 heteroatoms. The van der Waals surface area contributed by atoms with Crippen molar-refractivity contribution in [2.75, 3.05) is 6.61 Å². The summed E-state index contributed by atoms with van der Waals surface area (Å²) in [6, 6.07) is 32.7. The first-order valence-corrected chi connectivity index (χ1v) is 11.2. The van der Waals surface area contributed by atoms with E-state index in [0.29, 0.717) is 0 Å². The molecule has 0 aliphatic carbocycles. The lowest BCUT2D eigenvalue weighted by atomic mass is 9.88. The van der Waals surface area contributed by atoms with Crippen LogP contribution in [0.5, 0.6) is 5.75 Å². The van der Waals surface area contributed by atoms with E-state index in [1.165, 1.54) is 44.5 Å². The lowest BCUT2D eigenvalue weighted by Crippen LogP contribution is -1.96. The van der Waals surface area contributed by atoms with Crippen LogP contribution in [0.3, 0.4) is 0 Å². The van der Waals surface area contributed by atoms with E-state index in [1.54, 1.807) is 0 Å². The summed E-state index contributed by atoms with van der Waals surface area (Å²) in [5, 5.41) is 0. The zero-order chi connectivity index (χ0) is 21.6. The van der Waals surface area contributed by atoms with Gasteiger partial charge in [0, 0.05) is 0 Å². The number of ether oxygens (including phenoxy) is 1. The molecule has 156 valence electrons. The Hall–Kier alpha value is -3.32. The summed E-state index contributed by atoms with van der Waals surface area (Å²) in [5.41, 5.74) is 10.0. The van der Waals surface area contributed by atoms with E-state index in [4.69, 9.17) is 4.74 Å². The fraction of sp³-hybridized carbons (Fsp3) is 0.200. The molecule has 0 fully saturated rings. The van der Waals surface area contributed by atoms with Crippen molar-refractivity contribution in [2.24, 2.45) is 0 Å².